The van der Waals surface area contributed by atoms with E-state index in [1.807, 2.05) is 11.4 Å². The monoisotopic (exact) mass is 626 g/mol. The van der Waals surface area contributed by atoms with Crippen molar-refractivity contribution in [2.45, 2.75) is 26.3 Å². The fraction of sp³-hybridized carbons (Fsp3) is 0.387. The fourth-order valence-corrected chi connectivity index (χ4v) is 6.84. The Morgan fingerprint density at radius 3 is 2.73 bits per heavy atom. The first-order chi connectivity index (χ1) is 22.0. The number of aromatic nitrogens is 7. The van der Waals surface area contributed by atoms with Crippen molar-refractivity contribution in [2.24, 2.45) is 13.0 Å². The van der Waals surface area contributed by atoms with Gasteiger partial charge in [0.05, 0.1) is 12.1 Å². The van der Waals surface area contributed by atoms with E-state index in [2.05, 4.69) is 54.9 Å². The molecule has 0 bridgehead atoms. The molecule has 7 rings (SSSR count). The van der Waals surface area contributed by atoms with E-state index in [-0.39, 0.29) is 23.8 Å². The van der Waals surface area contributed by atoms with Crippen LogP contribution in [0.3, 0.4) is 0 Å². The fourth-order valence-electron chi connectivity index (χ4n) is 6.10. The maximum Gasteiger partial charge on any atom is 0.263 e. The average Bonchev–Trinajstić information content (AvgIpc) is 3.72. The minimum atomic E-state index is -0.421. The van der Waals surface area contributed by atoms with Crippen LogP contribution in [0.5, 0.6) is 0 Å². The Morgan fingerprint density at radius 1 is 1.16 bits per heavy atom. The molecule has 0 atom stereocenters. The van der Waals surface area contributed by atoms with Gasteiger partial charge < -0.3 is 20.3 Å². The molecule has 0 radical (unpaired) electrons. The predicted molar refractivity (Wildman–Crippen MR) is 172 cm³/mol. The highest BCUT2D eigenvalue weighted by Crippen LogP contribution is 2.28. The molecule has 13 nitrogen and oxygen atoms in total. The maximum absolute atomic E-state index is 14.1. The van der Waals surface area contributed by atoms with Crippen LogP contribution in [-0.2, 0) is 18.3 Å². The van der Waals surface area contributed by atoms with Crippen molar-refractivity contribution >= 4 is 45.5 Å². The third-order valence-corrected chi connectivity index (χ3v) is 9.21. The summed E-state index contributed by atoms with van der Waals surface area (Å²) in [6.45, 7) is 7.03. The number of piperazine rings is 1. The van der Waals surface area contributed by atoms with Crippen molar-refractivity contribution in [2.75, 3.05) is 49.6 Å². The second-order valence-electron chi connectivity index (χ2n) is 11.4. The molecule has 0 saturated carbocycles. The Bertz CT molecular complexity index is 1910. The van der Waals surface area contributed by atoms with Crippen LogP contribution in [0.1, 0.15) is 34.5 Å². The van der Waals surface area contributed by atoms with Crippen LogP contribution < -0.4 is 21.1 Å². The first kappa shape index (κ1) is 29.2. The second kappa shape index (κ2) is 12.5. The van der Waals surface area contributed by atoms with Crippen molar-refractivity contribution in [1.29, 1.82) is 0 Å². The number of nitrogens with zero attached hydrogens (tertiary/aromatic N) is 8. The molecule has 2 saturated heterocycles. The van der Waals surface area contributed by atoms with Crippen molar-refractivity contribution in [3.63, 3.8) is 0 Å². The number of anilines is 3. The summed E-state index contributed by atoms with van der Waals surface area (Å²) in [5, 5.41) is 18.5. The first-order valence-corrected chi connectivity index (χ1v) is 16.0. The van der Waals surface area contributed by atoms with E-state index >= 15 is 0 Å². The van der Waals surface area contributed by atoms with Gasteiger partial charge in [-0.25, -0.2) is 14.6 Å². The van der Waals surface area contributed by atoms with Crippen LogP contribution in [-0.4, -0.2) is 79.7 Å². The lowest BCUT2D eigenvalue weighted by molar-refractivity contribution is 0.0543. The van der Waals surface area contributed by atoms with Gasteiger partial charge >= 0.3 is 0 Å². The Labute approximate surface area is 263 Å². The summed E-state index contributed by atoms with van der Waals surface area (Å²) >= 11 is 1.46. The van der Waals surface area contributed by atoms with Crippen LogP contribution in [0.2, 0.25) is 0 Å². The number of hydrogen-bond donors (Lipinski definition) is 2. The summed E-state index contributed by atoms with van der Waals surface area (Å²) in [4.78, 5) is 44.0. The number of carbonyl (C=O) groups is 1. The minimum absolute atomic E-state index is 0.0575. The van der Waals surface area contributed by atoms with Gasteiger partial charge in [-0.05, 0) is 49.6 Å². The van der Waals surface area contributed by atoms with Gasteiger partial charge in [-0.1, -0.05) is 5.21 Å². The summed E-state index contributed by atoms with van der Waals surface area (Å²) < 4.78 is 8.61. The maximum atomic E-state index is 14.1. The van der Waals surface area contributed by atoms with Gasteiger partial charge in [-0.15, -0.1) is 16.4 Å². The van der Waals surface area contributed by atoms with E-state index in [0.717, 1.165) is 42.4 Å². The molecule has 14 heteroatoms. The number of carbonyl (C=O) groups excluding carboxylic acids is 1. The van der Waals surface area contributed by atoms with Gasteiger partial charge in [0.2, 0.25) is 5.95 Å². The lowest BCUT2D eigenvalue weighted by atomic mass is 9.91. The molecule has 0 spiro atoms. The Balaban J connectivity index is 1.28. The molecular weight excluding hydrogens is 592 g/mol. The van der Waals surface area contributed by atoms with Crippen LogP contribution in [0, 0.1) is 12.8 Å². The Kier molecular flexibility index (Phi) is 8.08. The molecule has 232 valence electrons. The third-order valence-electron chi connectivity index (χ3n) is 8.43. The van der Waals surface area contributed by atoms with Gasteiger partial charge in [0.25, 0.3) is 5.56 Å². The molecule has 2 aliphatic heterocycles. The highest BCUT2D eigenvalue weighted by atomic mass is 32.1. The molecule has 1 aromatic carbocycles. The number of ether oxygens (including phenoxy) is 1. The van der Waals surface area contributed by atoms with E-state index in [1.165, 1.54) is 21.6 Å². The van der Waals surface area contributed by atoms with Crippen LogP contribution in [0.25, 0.3) is 21.7 Å². The number of hydrogen-bond acceptors (Lipinski definition) is 12. The SMILES string of the molecule is Cc1cc(Nc2ncc3cc(C(=O)C4CCOCC4)c(=O)n(Cc4nnn(C)c4-c4nccs4)c3n2)ccc1N1CCNCC1. The number of aryl methyl sites for hydroxylation is 2. The lowest BCUT2D eigenvalue weighted by Crippen LogP contribution is -2.43. The largest absolute Gasteiger partial charge is 0.381 e. The summed E-state index contributed by atoms with van der Waals surface area (Å²) in [5.74, 6) is -0.109. The standard InChI is InChI=1S/C31H34N10O3S/c1-19-15-22(3-4-25(19)40-10-7-32-8-11-40)35-31-34-17-21-16-23(27(42)20-5-12-44-13-6-20)30(43)41(28(21)36-31)18-24-26(39(2)38-37-24)29-33-9-14-45-29/h3-4,9,14-17,20,32H,5-8,10-13,18H2,1-2H3,(H,34,35,36). The molecule has 45 heavy (non-hydrogen) atoms. The summed E-state index contributed by atoms with van der Waals surface area (Å²) in [6, 6.07) is 7.83. The molecule has 4 aromatic heterocycles. The Morgan fingerprint density at radius 2 is 1.98 bits per heavy atom. The van der Waals surface area contributed by atoms with E-state index < -0.39 is 5.56 Å². The summed E-state index contributed by atoms with van der Waals surface area (Å²) in [5.41, 5.74) is 4.55. The van der Waals surface area contributed by atoms with E-state index in [0.29, 0.717) is 54.4 Å². The van der Waals surface area contributed by atoms with Crippen LogP contribution in [0.4, 0.5) is 17.3 Å². The third kappa shape index (κ3) is 5.83. The normalized spacial score (nSPS) is 15.9. The Hall–Kier alpha value is -4.53. The molecule has 2 N–H and O–H groups in total. The van der Waals surface area contributed by atoms with Crippen molar-refractivity contribution in [3.8, 4) is 10.7 Å². The topological polar surface area (TPSA) is 145 Å². The minimum Gasteiger partial charge on any atom is -0.381 e. The molecule has 0 aliphatic carbocycles. The molecule has 2 aliphatic rings. The predicted octanol–water partition coefficient (Wildman–Crippen LogP) is 3.16. The number of rotatable bonds is 8. The summed E-state index contributed by atoms with van der Waals surface area (Å²) in [6.07, 6.45) is 4.54. The van der Waals surface area contributed by atoms with Gasteiger partial charge in [-0.3, -0.25) is 14.2 Å². The van der Waals surface area contributed by atoms with E-state index in [9.17, 15) is 9.59 Å². The first-order valence-electron chi connectivity index (χ1n) is 15.1. The molecule has 0 unspecified atom stereocenters. The zero-order valence-corrected chi connectivity index (χ0v) is 26.0. The highest BCUT2D eigenvalue weighted by molar-refractivity contribution is 7.13. The summed E-state index contributed by atoms with van der Waals surface area (Å²) in [7, 11) is 1.79. The van der Waals surface area contributed by atoms with Gasteiger partial charge in [0.1, 0.15) is 22.0 Å². The quantitative estimate of drug-likeness (QED) is 0.245. The highest BCUT2D eigenvalue weighted by Gasteiger charge is 2.27. The number of fused-ring (bicyclic) bond motifs is 1. The van der Waals surface area contributed by atoms with Crippen molar-refractivity contribution < 1.29 is 9.53 Å². The number of thiazole rings is 1. The van der Waals surface area contributed by atoms with E-state index in [4.69, 9.17) is 9.72 Å². The van der Waals surface area contributed by atoms with E-state index in [1.54, 1.807) is 30.2 Å². The van der Waals surface area contributed by atoms with Gasteiger partial charge in [0.15, 0.2) is 5.78 Å². The number of pyridine rings is 1. The zero-order chi connectivity index (χ0) is 30.9. The molecular formula is C31H34N10O3S. The number of ketones is 1. The van der Waals surface area contributed by atoms with Crippen molar-refractivity contribution in [3.05, 3.63) is 69.2 Å². The number of nitrogens with one attached hydrogen (secondary N) is 2. The number of Topliss-reactive ketones (excluding diaryl/α,β-unsaturated/α-hetero) is 1. The molecule has 2 fully saturated rings. The number of benzene rings is 1. The zero-order valence-electron chi connectivity index (χ0n) is 25.2. The lowest BCUT2D eigenvalue weighted by Gasteiger charge is -2.30. The van der Waals surface area contributed by atoms with Gasteiger partial charge in [-0.2, -0.15) is 4.98 Å². The molecule has 0 amide bonds. The second-order valence-corrected chi connectivity index (χ2v) is 12.3. The molecule has 5 aromatic rings. The molecule has 6 heterocycles. The van der Waals surface area contributed by atoms with Crippen LogP contribution >= 0.6 is 11.3 Å². The smallest absolute Gasteiger partial charge is 0.263 e. The van der Waals surface area contributed by atoms with Crippen molar-refractivity contribution in [1.82, 2.24) is 39.8 Å². The van der Waals surface area contributed by atoms with Gasteiger partial charge in [0, 0.05) is 86.9 Å². The average molecular weight is 627 g/mol. The van der Waals surface area contributed by atoms with Crippen LogP contribution in [0.15, 0.2) is 46.8 Å².